The summed E-state index contributed by atoms with van der Waals surface area (Å²) in [7, 11) is 0. The molecule has 3 heterocycles. The molecule has 0 atom stereocenters. The summed E-state index contributed by atoms with van der Waals surface area (Å²) in [5, 5.41) is 7.41. The Morgan fingerprint density at radius 2 is 2.15 bits per heavy atom. The molecule has 1 fully saturated rings. The van der Waals surface area contributed by atoms with Crippen LogP contribution in [0.3, 0.4) is 0 Å². The lowest BCUT2D eigenvalue weighted by atomic mass is 9.80. The number of nitrogens with one attached hydrogen (secondary N) is 1. The first-order valence-electron chi connectivity index (χ1n) is 8.95. The monoisotopic (exact) mass is 353 g/mol. The molecule has 138 valence electrons. The maximum atomic E-state index is 5.90. The van der Waals surface area contributed by atoms with Crippen molar-refractivity contribution in [2.75, 3.05) is 19.6 Å². The van der Waals surface area contributed by atoms with Gasteiger partial charge in [-0.1, -0.05) is 6.92 Å². The van der Waals surface area contributed by atoms with Crippen LogP contribution >= 0.6 is 0 Å². The molecule has 0 aromatic carbocycles. The zero-order valence-electron chi connectivity index (χ0n) is 15.8. The SMILES string of the molecule is C=Nc1c(N=C(C)N2CCC(C)(CN)CC2)n[nH]c1-c1cccnc1C. The highest BCUT2D eigenvalue weighted by atomic mass is 15.2. The lowest BCUT2D eigenvalue weighted by Crippen LogP contribution is -2.44. The highest BCUT2D eigenvalue weighted by Gasteiger charge is 2.29. The minimum Gasteiger partial charge on any atom is -0.360 e. The maximum absolute atomic E-state index is 5.90. The van der Waals surface area contributed by atoms with Crippen LogP contribution in [0.2, 0.25) is 0 Å². The molecule has 0 unspecified atom stereocenters. The Kier molecular flexibility index (Phi) is 5.18. The number of aromatic nitrogens is 3. The summed E-state index contributed by atoms with van der Waals surface area (Å²) < 4.78 is 0. The quantitative estimate of drug-likeness (QED) is 0.651. The second-order valence-corrected chi connectivity index (χ2v) is 7.23. The van der Waals surface area contributed by atoms with E-state index >= 15 is 0 Å². The van der Waals surface area contributed by atoms with Crippen LogP contribution in [0.5, 0.6) is 0 Å². The summed E-state index contributed by atoms with van der Waals surface area (Å²) in [4.78, 5) is 15.5. The van der Waals surface area contributed by atoms with Crippen LogP contribution in [0, 0.1) is 12.3 Å². The number of H-pyrrole nitrogens is 1. The van der Waals surface area contributed by atoms with E-state index in [0.717, 1.165) is 55.3 Å². The fourth-order valence-electron chi connectivity index (χ4n) is 3.29. The van der Waals surface area contributed by atoms with Gasteiger partial charge in [0.25, 0.3) is 0 Å². The van der Waals surface area contributed by atoms with Crippen LogP contribution in [0.25, 0.3) is 11.3 Å². The second kappa shape index (κ2) is 7.37. The maximum Gasteiger partial charge on any atom is 0.201 e. The molecule has 7 nitrogen and oxygen atoms in total. The minimum atomic E-state index is 0.238. The van der Waals surface area contributed by atoms with E-state index in [2.05, 4.69) is 38.7 Å². The van der Waals surface area contributed by atoms with Crippen LogP contribution in [0.1, 0.15) is 32.4 Å². The molecule has 0 aliphatic carbocycles. The number of hydrogen-bond acceptors (Lipinski definition) is 5. The predicted molar refractivity (Wildman–Crippen MR) is 107 cm³/mol. The number of rotatable bonds is 4. The highest BCUT2D eigenvalue weighted by molar-refractivity contribution is 5.87. The van der Waals surface area contributed by atoms with Gasteiger partial charge in [0.1, 0.15) is 11.5 Å². The van der Waals surface area contributed by atoms with E-state index in [1.165, 1.54) is 0 Å². The average Bonchev–Trinajstić information content (AvgIpc) is 3.05. The first-order chi connectivity index (χ1) is 12.5. The van der Waals surface area contributed by atoms with E-state index in [1.807, 2.05) is 26.0 Å². The van der Waals surface area contributed by atoms with Crippen molar-refractivity contribution in [2.45, 2.75) is 33.6 Å². The van der Waals surface area contributed by atoms with Crippen LogP contribution < -0.4 is 5.73 Å². The molecule has 0 bridgehead atoms. The zero-order valence-corrected chi connectivity index (χ0v) is 15.8. The Morgan fingerprint density at radius 3 is 2.77 bits per heavy atom. The number of amidine groups is 1. The van der Waals surface area contributed by atoms with Gasteiger partial charge in [-0.2, -0.15) is 5.10 Å². The summed E-state index contributed by atoms with van der Waals surface area (Å²) >= 11 is 0. The van der Waals surface area contributed by atoms with E-state index in [0.29, 0.717) is 11.5 Å². The Balaban J connectivity index is 1.85. The highest BCUT2D eigenvalue weighted by Crippen LogP contribution is 2.37. The van der Waals surface area contributed by atoms with Crippen LogP contribution in [-0.2, 0) is 0 Å². The van der Waals surface area contributed by atoms with E-state index < -0.39 is 0 Å². The zero-order chi connectivity index (χ0) is 18.7. The Hall–Kier alpha value is -2.54. The predicted octanol–water partition coefficient (Wildman–Crippen LogP) is 3.22. The van der Waals surface area contributed by atoms with Gasteiger partial charge in [0, 0.05) is 30.5 Å². The molecule has 1 aliphatic rings. The Bertz CT molecular complexity index is 813. The molecule has 0 saturated carbocycles. The molecule has 2 aromatic heterocycles. The van der Waals surface area contributed by atoms with Crippen LogP contribution in [0.4, 0.5) is 11.5 Å². The van der Waals surface area contributed by atoms with Gasteiger partial charge in [0.15, 0.2) is 0 Å². The van der Waals surface area contributed by atoms with E-state index in [1.54, 1.807) is 6.20 Å². The molecule has 3 N–H and O–H groups in total. The number of aryl methyl sites for hydroxylation is 1. The van der Waals surface area contributed by atoms with Crippen molar-refractivity contribution in [3.63, 3.8) is 0 Å². The fraction of sp³-hybridized carbons (Fsp3) is 0.474. The number of piperidine rings is 1. The number of aliphatic imine (C=N–C) groups is 2. The first kappa shape index (κ1) is 18.3. The number of likely N-dealkylation sites (tertiary alicyclic amines) is 1. The van der Waals surface area contributed by atoms with Gasteiger partial charge in [-0.25, -0.2) is 4.99 Å². The minimum absolute atomic E-state index is 0.238. The summed E-state index contributed by atoms with van der Waals surface area (Å²) in [6.07, 6.45) is 3.91. The number of nitrogens with two attached hydrogens (primary N) is 1. The van der Waals surface area contributed by atoms with Gasteiger partial charge in [0.2, 0.25) is 5.82 Å². The molecule has 1 saturated heterocycles. The largest absolute Gasteiger partial charge is 0.360 e. The van der Waals surface area contributed by atoms with E-state index in [9.17, 15) is 0 Å². The van der Waals surface area contributed by atoms with Gasteiger partial charge in [-0.05, 0) is 57.5 Å². The van der Waals surface area contributed by atoms with Crippen molar-refractivity contribution in [3.05, 3.63) is 24.0 Å². The molecule has 1 aliphatic heterocycles. The molecule has 0 radical (unpaired) electrons. The van der Waals surface area contributed by atoms with Gasteiger partial charge in [-0.15, -0.1) is 0 Å². The summed E-state index contributed by atoms with van der Waals surface area (Å²) in [6.45, 7) is 12.6. The van der Waals surface area contributed by atoms with Gasteiger partial charge < -0.3 is 10.6 Å². The fourth-order valence-corrected chi connectivity index (χ4v) is 3.29. The Labute approximate surface area is 154 Å². The van der Waals surface area contributed by atoms with Gasteiger partial charge in [-0.3, -0.25) is 15.1 Å². The molecule has 26 heavy (non-hydrogen) atoms. The van der Waals surface area contributed by atoms with E-state index in [4.69, 9.17) is 10.7 Å². The number of pyridine rings is 1. The van der Waals surface area contributed by atoms with Crippen molar-refractivity contribution in [1.82, 2.24) is 20.1 Å². The first-order valence-corrected chi connectivity index (χ1v) is 8.95. The lowest BCUT2D eigenvalue weighted by molar-refractivity contribution is 0.175. The smallest absolute Gasteiger partial charge is 0.201 e. The van der Waals surface area contributed by atoms with Crippen molar-refractivity contribution in [2.24, 2.45) is 21.1 Å². The van der Waals surface area contributed by atoms with Crippen LogP contribution in [0.15, 0.2) is 28.3 Å². The van der Waals surface area contributed by atoms with Gasteiger partial charge >= 0.3 is 0 Å². The normalized spacial score (nSPS) is 17.4. The average molecular weight is 353 g/mol. The third-order valence-electron chi connectivity index (χ3n) is 5.35. The van der Waals surface area contributed by atoms with Crippen molar-refractivity contribution >= 4 is 24.1 Å². The van der Waals surface area contributed by atoms with E-state index in [-0.39, 0.29) is 5.41 Å². The van der Waals surface area contributed by atoms with Gasteiger partial charge in [0.05, 0.1) is 5.69 Å². The lowest BCUT2D eigenvalue weighted by Gasteiger charge is -2.39. The topological polar surface area (TPSA) is 95.5 Å². The number of nitrogens with zero attached hydrogens (tertiary/aromatic N) is 5. The molecule has 0 amide bonds. The Morgan fingerprint density at radius 1 is 1.42 bits per heavy atom. The summed E-state index contributed by atoms with van der Waals surface area (Å²) in [6, 6.07) is 3.88. The number of aromatic amines is 1. The van der Waals surface area contributed by atoms with Crippen molar-refractivity contribution < 1.29 is 0 Å². The number of hydrogen-bond donors (Lipinski definition) is 2. The third-order valence-corrected chi connectivity index (χ3v) is 5.35. The molecular formula is C19H27N7. The summed E-state index contributed by atoms with van der Waals surface area (Å²) in [5.41, 5.74) is 9.46. The summed E-state index contributed by atoms with van der Waals surface area (Å²) in [5.74, 6) is 1.50. The third kappa shape index (κ3) is 3.53. The van der Waals surface area contributed by atoms with Crippen LogP contribution in [-0.4, -0.2) is 52.3 Å². The van der Waals surface area contributed by atoms with Crippen molar-refractivity contribution in [1.29, 1.82) is 0 Å². The molecule has 2 aromatic rings. The standard InChI is InChI=1S/C19H27N7/c1-13-15(6-5-9-22-13)16-17(21-4)18(25-24-16)23-14(2)26-10-7-19(3,12-20)8-11-26/h5-6,9H,4,7-8,10-12,20H2,1-3H3,(H,24,25). The molecule has 3 rings (SSSR count). The molecule has 0 spiro atoms. The molecular weight excluding hydrogens is 326 g/mol. The van der Waals surface area contributed by atoms with Crippen molar-refractivity contribution in [3.8, 4) is 11.3 Å². The second-order valence-electron chi connectivity index (χ2n) is 7.23. The molecule has 7 heteroatoms.